The van der Waals surface area contributed by atoms with Crippen molar-refractivity contribution in [1.29, 1.82) is 0 Å². The fourth-order valence-corrected chi connectivity index (χ4v) is 2.26. The molecule has 1 aromatic rings. The Bertz CT molecular complexity index is 417. The lowest BCUT2D eigenvalue weighted by Crippen LogP contribution is -2.33. The van der Waals surface area contributed by atoms with Gasteiger partial charge in [-0.2, -0.15) is 0 Å². The Labute approximate surface area is 122 Å². The summed E-state index contributed by atoms with van der Waals surface area (Å²) in [5, 5.41) is 0. The molecule has 1 rings (SSSR count). The van der Waals surface area contributed by atoms with Gasteiger partial charge in [0.15, 0.2) is 5.78 Å². The molecule has 1 aromatic carbocycles. The number of nitrogens with zero attached hydrogens (tertiary/aromatic N) is 1. The fraction of sp³-hybridized carbons (Fsp3) is 0.588. The molecular formula is C17H26FNO. The highest BCUT2D eigenvalue weighted by molar-refractivity contribution is 5.96. The van der Waals surface area contributed by atoms with Crippen molar-refractivity contribution < 1.29 is 9.18 Å². The van der Waals surface area contributed by atoms with Gasteiger partial charge >= 0.3 is 0 Å². The van der Waals surface area contributed by atoms with Crippen LogP contribution >= 0.6 is 0 Å². The Morgan fingerprint density at radius 3 is 2.50 bits per heavy atom. The number of ketones is 1. The highest BCUT2D eigenvalue weighted by Crippen LogP contribution is 2.11. The van der Waals surface area contributed by atoms with Crippen LogP contribution in [-0.4, -0.2) is 29.8 Å². The minimum absolute atomic E-state index is 0.107. The van der Waals surface area contributed by atoms with Gasteiger partial charge in [0.1, 0.15) is 5.82 Å². The van der Waals surface area contributed by atoms with E-state index in [1.807, 2.05) is 0 Å². The summed E-state index contributed by atoms with van der Waals surface area (Å²) < 4.78 is 13.5. The molecule has 0 unspecified atom stereocenters. The highest BCUT2D eigenvalue weighted by Gasteiger charge is 2.14. The zero-order chi connectivity index (χ0) is 15.0. The molecule has 0 atom stereocenters. The van der Waals surface area contributed by atoms with E-state index >= 15 is 0 Å². The summed E-state index contributed by atoms with van der Waals surface area (Å²) in [6.45, 7) is 8.17. The number of carbonyl (C=O) groups excluding carboxylic acids is 1. The SMILES string of the molecule is CCCCCN(CCC(=O)c1ccccc1F)C(C)C. The molecule has 20 heavy (non-hydrogen) atoms. The lowest BCUT2D eigenvalue weighted by atomic mass is 10.1. The van der Waals surface area contributed by atoms with Crippen LogP contribution in [0.2, 0.25) is 0 Å². The molecule has 3 heteroatoms. The molecule has 0 spiro atoms. The van der Waals surface area contributed by atoms with Crippen molar-refractivity contribution in [3.8, 4) is 0 Å². The molecule has 112 valence electrons. The molecule has 0 amide bonds. The summed E-state index contributed by atoms with van der Waals surface area (Å²) >= 11 is 0. The second-order valence-electron chi connectivity index (χ2n) is 5.49. The van der Waals surface area contributed by atoms with E-state index in [2.05, 4.69) is 25.7 Å². The van der Waals surface area contributed by atoms with Crippen LogP contribution in [0.4, 0.5) is 4.39 Å². The van der Waals surface area contributed by atoms with Gasteiger partial charge in [-0.25, -0.2) is 4.39 Å². The second kappa shape index (κ2) is 8.85. The Kier molecular flexibility index (Phi) is 7.45. The van der Waals surface area contributed by atoms with E-state index in [0.717, 1.165) is 13.0 Å². The zero-order valence-electron chi connectivity index (χ0n) is 12.9. The fourth-order valence-electron chi connectivity index (χ4n) is 2.26. The molecule has 0 N–H and O–H groups in total. The third kappa shape index (κ3) is 5.41. The lowest BCUT2D eigenvalue weighted by molar-refractivity contribution is 0.0951. The van der Waals surface area contributed by atoms with E-state index in [0.29, 0.717) is 19.0 Å². The van der Waals surface area contributed by atoms with Crippen LogP contribution in [0, 0.1) is 5.82 Å². The summed E-state index contributed by atoms with van der Waals surface area (Å²) in [4.78, 5) is 14.4. The molecule has 0 saturated heterocycles. The van der Waals surface area contributed by atoms with Gasteiger partial charge in [0.2, 0.25) is 0 Å². The Morgan fingerprint density at radius 2 is 1.90 bits per heavy atom. The first-order valence-corrected chi connectivity index (χ1v) is 7.58. The van der Waals surface area contributed by atoms with Gasteiger partial charge in [-0.05, 0) is 38.9 Å². The van der Waals surface area contributed by atoms with Gasteiger partial charge in [-0.1, -0.05) is 31.9 Å². The number of carbonyl (C=O) groups is 1. The van der Waals surface area contributed by atoms with Crippen LogP contribution in [0.25, 0.3) is 0 Å². The van der Waals surface area contributed by atoms with Crippen molar-refractivity contribution in [2.75, 3.05) is 13.1 Å². The number of benzene rings is 1. The smallest absolute Gasteiger partial charge is 0.167 e. The Balaban J connectivity index is 2.50. The predicted molar refractivity (Wildman–Crippen MR) is 81.6 cm³/mol. The summed E-state index contributed by atoms with van der Waals surface area (Å²) in [5.74, 6) is -0.524. The molecule has 0 saturated carbocycles. The number of hydrogen-bond acceptors (Lipinski definition) is 2. The van der Waals surface area contributed by atoms with E-state index in [1.54, 1.807) is 18.2 Å². The van der Waals surface area contributed by atoms with Gasteiger partial charge in [-0.15, -0.1) is 0 Å². The average molecular weight is 279 g/mol. The first-order chi connectivity index (χ1) is 9.56. The van der Waals surface area contributed by atoms with Gasteiger partial charge in [0.25, 0.3) is 0 Å². The molecule has 0 radical (unpaired) electrons. The normalized spacial score (nSPS) is 11.3. The maximum atomic E-state index is 13.5. The third-order valence-electron chi connectivity index (χ3n) is 3.58. The largest absolute Gasteiger partial charge is 0.300 e. The lowest BCUT2D eigenvalue weighted by Gasteiger charge is -2.26. The minimum Gasteiger partial charge on any atom is -0.300 e. The van der Waals surface area contributed by atoms with Crippen LogP contribution < -0.4 is 0 Å². The van der Waals surface area contributed by atoms with E-state index in [1.165, 1.54) is 18.9 Å². The van der Waals surface area contributed by atoms with E-state index < -0.39 is 5.82 Å². The van der Waals surface area contributed by atoms with Crippen molar-refractivity contribution in [1.82, 2.24) is 4.90 Å². The topological polar surface area (TPSA) is 20.3 Å². The molecule has 0 aliphatic carbocycles. The van der Waals surface area contributed by atoms with Crippen LogP contribution in [-0.2, 0) is 0 Å². The van der Waals surface area contributed by atoms with Gasteiger partial charge < -0.3 is 4.90 Å². The van der Waals surface area contributed by atoms with Crippen molar-refractivity contribution in [2.24, 2.45) is 0 Å². The summed E-state index contributed by atoms with van der Waals surface area (Å²) in [6.07, 6.45) is 3.94. The summed E-state index contributed by atoms with van der Waals surface area (Å²) in [6, 6.07) is 6.64. The van der Waals surface area contributed by atoms with E-state index in [9.17, 15) is 9.18 Å². The average Bonchev–Trinajstić information content (AvgIpc) is 2.42. The maximum Gasteiger partial charge on any atom is 0.167 e. The molecular weight excluding hydrogens is 253 g/mol. The molecule has 0 fully saturated rings. The molecule has 0 aliphatic rings. The number of rotatable bonds is 9. The van der Waals surface area contributed by atoms with Crippen molar-refractivity contribution in [2.45, 2.75) is 52.5 Å². The zero-order valence-corrected chi connectivity index (χ0v) is 12.9. The van der Waals surface area contributed by atoms with Gasteiger partial charge in [0, 0.05) is 19.0 Å². The second-order valence-corrected chi connectivity index (χ2v) is 5.49. The monoisotopic (exact) mass is 279 g/mol. The Hall–Kier alpha value is -1.22. The van der Waals surface area contributed by atoms with Crippen molar-refractivity contribution in [3.63, 3.8) is 0 Å². The quantitative estimate of drug-likeness (QED) is 0.496. The number of unbranched alkanes of at least 4 members (excludes halogenated alkanes) is 2. The first-order valence-electron chi connectivity index (χ1n) is 7.58. The van der Waals surface area contributed by atoms with E-state index in [-0.39, 0.29) is 11.3 Å². The van der Waals surface area contributed by atoms with Crippen molar-refractivity contribution >= 4 is 5.78 Å². The standard InChI is InChI=1S/C17H26FNO/c1-4-5-8-12-19(14(2)3)13-11-17(20)15-9-6-7-10-16(15)18/h6-7,9-10,14H,4-5,8,11-13H2,1-3H3. The maximum absolute atomic E-state index is 13.5. The molecule has 0 aromatic heterocycles. The van der Waals surface area contributed by atoms with Crippen LogP contribution in [0.15, 0.2) is 24.3 Å². The summed E-state index contributed by atoms with van der Waals surface area (Å²) in [5.41, 5.74) is 0.213. The molecule has 0 heterocycles. The van der Waals surface area contributed by atoms with Crippen LogP contribution in [0.3, 0.4) is 0 Å². The number of halogens is 1. The molecule has 0 bridgehead atoms. The minimum atomic E-state index is -0.417. The van der Waals surface area contributed by atoms with E-state index in [4.69, 9.17) is 0 Å². The van der Waals surface area contributed by atoms with Gasteiger partial charge in [-0.3, -0.25) is 4.79 Å². The predicted octanol–water partition coefficient (Wildman–Crippen LogP) is 4.30. The highest BCUT2D eigenvalue weighted by atomic mass is 19.1. The Morgan fingerprint density at radius 1 is 1.20 bits per heavy atom. The molecule has 2 nitrogen and oxygen atoms in total. The number of hydrogen-bond donors (Lipinski definition) is 0. The summed E-state index contributed by atoms with van der Waals surface area (Å²) in [7, 11) is 0. The molecule has 0 aliphatic heterocycles. The van der Waals surface area contributed by atoms with Crippen LogP contribution in [0.5, 0.6) is 0 Å². The van der Waals surface area contributed by atoms with Gasteiger partial charge in [0.05, 0.1) is 5.56 Å². The first kappa shape index (κ1) is 16.8. The van der Waals surface area contributed by atoms with Crippen LogP contribution in [0.1, 0.15) is 56.8 Å². The third-order valence-corrected chi connectivity index (χ3v) is 3.58. The van der Waals surface area contributed by atoms with Crippen molar-refractivity contribution in [3.05, 3.63) is 35.6 Å². The number of Topliss-reactive ketones (excluding diaryl/α,β-unsaturated/α-hetero) is 1.